The number of nitrogens with zero attached hydrogens (tertiary/aromatic N) is 4. The lowest BCUT2D eigenvalue weighted by Gasteiger charge is -1.97. The Morgan fingerprint density at radius 2 is 2.13 bits per heavy atom. The third-order valence-corrected chi connectivity index (χ3v) is 2.17. The predicted octanol–water partition coefficient (Wildman–Crippen LogP) is 1.32. The van der Waals surface area contributed by atoms with E-state index in [9.17, 15) is 13.2 Å². The number of hydrogen-bond donors (Lipinski definition) is 1. The van der Waals surface area contributed by atoms with E-state index in [1.807, 2.05) is 0 Å². The van der Waals surface area contributed by atoms with Crippen LogP contribution < -0.4 is 5.73 Å². The second-order valence-corrected chi connectivity index (χ2v) is 3.35. The van der Waals surface area contributed by atoms with Crippen LogP contribution in [0.15, 0.2) is 12.4 Å². The van der Waals surface area contributed by atoms with E-state index in [0.717, 1.165) is 4.68 Å². The van der Waals surface area contributed by atoms with Crippen LogP contribution in [0.3, 0.4) is 0 Å². The van der Waals surface area contributed by atoms with Crippen LogP contribution in [0.25, 0.3) is 5.13 Å². The van der Waals surface area contributed by atoms with Crippen molar-refractivity contribution in [3.8, 4) is 5.13 Å². The molecule has 9 heteroatoms. The minimum absolute atomic E-state index is 0.0269. The van der Waals surface area contributed by atoms with Crippen molar-refractivity contribution in [2.75, 3.05) is 5.73 Å². The topological polar surface area (TPSA) is 69.6 Å². The first-order valence-electron chi connectivity index (χ1n) is 3.68. The van der Waals surface area contributed by atoms with Gasteiger partial charge in [-0.1, -0.05) is 0 Å². The quantitative estimate of drug-likeness (QED) is 0.809. The molecule has 0 aromatic carbocycles. The molecule has 0 aliphatic rings. The Kier molecular flexibility index (Phi) is 2.11. The van der Waals surface area contributed by atoms with Gasteiger partial charge in [-0.05, 0) is 0 Å². The van der Waals surface area contributed by atoms with Gasteiger partial charge in [-0.25, -0.2) is 4.68 Å². The van der Waals surface area contributed by atoms with Crippen LogP contribution in [-0.4, -0.2) is 19.1 Å². The monoisotopic (exact) mass is 235 g/mol. The standard InChI is InChI=1S/C6H4F3N5S/c7-6(8,9)4-12-5(15-13-4)14-2-3(10)1-11-14/h1-2H,10H2. The number of alkyl halides is 3. The molecule has 0 atom stereocenters. The maximum atomic E-state index is 12.1. The lowest BCUT2D eigenvalue weighted by atomic mass is 10.6. The van der Waals surface area contributed by atoms with Crippen molar-refractivity contribution in [1.82, 2.24) is 19.1 Å². The Hall–Kier alpha value is -1.64. The molecule has 0 bridgehead atoms. The Labute approximate surface area is 85.5 Å². The highest BCUT2D eigenvalue weighted by Crippen LogP contribution is 2.28. The van der Waals surface area contributed by atoms with Crippen LogP contribution in [0.5, 0.6) is 0 Å². The Balaban J connectivity index is 2.36. The molecule has 2 heterocycles. The minimum Gasteiger partial charge on any atom is -0.396 e. The maximum Gasteiger partial charge on any atom is 0.452 e. The van der Waals surface area contributed by atoms with E-state index in [1.165, 1.54) is 12.4 Å². The van der Waals surface area contributed by atoms with Crippen molar-refractivity contribution in [3.63, 3.8) is 0 Å². The van der Waals surface area contributed by atoms with Gasteiger partial charge in [-0.2, -0.15) is 27.6 Å². The van der Waals surface area contributed by atoms with Crippen LogP contribution >= 0.6 is 11.5 Å². The van der Waals surface area contributed by atoms with E-state index >= 15 is 0 Å². The van der Waals surface area contributed by atoms with E-state index in [-0.39, 0.29) is 5.13 Å². The van der Waals surface area contributed by atoms with Gasteiger partial charge in [-0.15, -0.1) is 0 Å². The molecular weight excluding hydrogens is 231 g/mol. The van der Waals surface area contributed by atoms with E-state index in [4.69, 9.17) is 5.73 Å². The molecule has 0 fully saturated rings. The van der Waals surface area contributed by atoms with E-state index in [1.54, 1.807) is 0 Å². The molecule has 2 aromatic heterocycles. The summed E-state index contributed by atoms with van der Waals surface area (Å²) in [5.74, 6) is -1.17. The van der Waals surface area contributed by atoms with Gasteiger partial charge in [0.15, 0.2) is 0 Å². The predicted molar refractivity (Wildman–Crippen MR) is 46.4 cm³/mol. The molecule has 0 amide bonds. The molecular formula is C6H4F3N5S. The highest BCUT2D eigenvalue weighted by atomic mass is 32.1. The van der Waals surface area contributed by atoms with Crippen molar-refractivity contribution >= 4 is 17.2 Å². The van der Waals surface area contributed by atoms with Gasteiger partial charge in [-0.3, -0.25) is 0 Å². The average Bonchev–Trinajstić information content (AvgIpc) is 2.69. The molecule has 5 nitrogen and oxygen atoms in total. The second kappa shape index (κ2) is 3.19. The van der Waals surface area contributed by atoms with Gasteiger partial charge in [0, 0.05) is 11.5 Å². The third kappa shape index (κ3) is 1.91. The van der Waals surface area contributed by atoms with E-state index in [0.29, 0.717) is 17.2 Å². The first-order valence-corrected chi connectivity index (χ1v) is 4.45. The Bertz CT molecular complexity index is 473. The molecule has 0 saturated carbocycles. The third-order valence-electron chi connectivity index (χ3n) is 1.47. The Morgan fingerprint density at radius 1 is 1.40 bits per heavy atom. The van der Waals surface area contributed by atoms with Gasteiger partial charge in [0.05, 0.1) is 18.1 Å². The van der Waals surface area contributed by atoms with Crippen molar-refractivity contribution in [2.45, 2.75) is 6.18 Å². The summed E-state index contributed by atoms with van der Waals surface area (Å²) in [6.45, 7) is 0. The van der Waals surface area contributed by atoms with Gasteiger partial charge in [0.1, 0.15) is 0 Å². The molecule has 0 spiro atoms. The fourth-order valence-corrected chi connectivity index (χ4v) is 1.49. The summed E-state index contributed by atoms with van der Waals surface area (Å²) in [6.07, 6.45) is -1.86. The summed E-state index contributed by atoms with van der Waals surface area (Å²) in [5.41, 5.74) is 5.71. The molecule has 2 aromatic rings. The lowest BCUT2D eigenvalue weighted by Crippen LogP contribution is -2.07. The molecule has 0 aliphatic carbocycles. The SMILES string of the molecule is Nc1cnn(-c2nc(C(F)(F)F)ns2)c1. The smallest absolute Gasteiger partial charge is 0.396 e. The van der Waals surface area contributed by atoms with Gasteiger partial charge < -0.3 is 5.73 Å². The molecule has 0 saturated heterocycles. The summed E-state index contributed by atoms with van der Waals surface area (Å²) in [5, 5.41) is 3.74. The zero-order valence-corrected chi connectivity index (χ0v) is 7.88. The number of nitrogens with two attached hydrogens (primary N) is 1. The number of hydrogen-bond acceptors (Lipinski definition) is 5. The molecule has 0 unspecified atom stereocenters. The summed E-state index contributed by atoms with van der Waals surface area (Å²) in [4.78, 5) is 3.29. The van der Waals surface area contributed by atoms with Crippen LogP contribution in [0.1, 0.15) is 5.82 Å². The second-order valence-electron chi connectivity index (χ2n) is 2.62. The number of halogens is 3. The number of anilines is 1. The number of nitrogen functional groups attached to an aromatic ring is 1. The van der Waals surface area contributed by atoms with Crippen LogP contribution in [-0.2, 0) is 6.18 Å². The van der Waals surface area contributed by atoms with Crippen molar-refractivity contribution in [3.05, 3.63) is 18.2 Å². The van der Waals surface area contributed by atoms with Crippen molar-refractivity contribution < 1.29 is 13.2 Å². The fraction of sp³-hybridized carbons (Fsp3) is 0.167. The summed E-state index contributed by atoms with van der Waals surface area (Å²) < 4.78 is 40.8. The molecule has 15 heavy (non-hydrogen) atoms. The number of aromatic nitrogens is 4. The zero-order chi connectivity index (χ0) is 11.1. The van der Waals surface area contributed by atoms with Crippen molar-refractivity contribution in [1.29, 1.82) is 0 Å². The lowest BCUT2D eigenvalue weighted by molar-refractivity contribution is -0.144. The summed E-state index contributed by atoms with van der Waals surface area (Å²) in [6, 6.07) is 0. The van der Waals surface area contributed by atoms with E-state index < -0.39 is 12.0 Å². The molecule has 80 valence electrons. The highest BCUT2D eigenvalue weighted by molar-refractivity contribution is 7.08. The minimum atomic E-state index is -4.53. The van der Waals surface area contributed by atoms with Crippen LogP contribution in [0.4, 0.5) is 18.9 Å². The first-order chi connectivity index (χ1) is 6.97. The normalized spacial score (nSPS) is 11.9. The summed E-state index contributed by atoms with van der Waals surface area (Å²) >= 11 is 0.607. The highest BCUT2D eigenvalue weighted by Gasteiger charge is 2.36. The van der Waals surface area contributed by atoms with Gasteiger partial charge in [0.25, 0.3) is 0 Å². The largest absolute Gasteiger partial charge is 0.452 e. The van der Waals surface area contributed by atoms with Crippen LogP contribution in [0.2, 0.25) is 0 Å². The Morgan fingerprint density at radius 3 is 2.60 bits per heavy atom. The first kappa shape index (κ1) is 9.90. The van der Waals surface area contributed by atoms with E-state index in [2.05, 4.69) is 14.5 Å². The molecule has 0 radical (unpaired) electrons. The maximum absolute atomic E-state index is 12.1. The molecule has 0 aliphatic heterocycles. The molecule has 2 N–H and O–H groups in total. The van der Waals surface area contributed by atoms with Crippen molar-refractivity contribution in [2.24, 2.45) is 0 Å². The fourth-order valence-electron chi connectivity index (χ4n) is 0.865. The van der Waals surface area contributed by atoms with Crippen LogP contribution in [0, 0.1) is 0 Å². The van der Waals surface area contributed by atoms with Gasteiger partial charge in [0.2, 0.25) is 11.0 Å². The zero-order valence-electron chi connectivity index (χ0n) is 7.06. The summed E-state index contributed by atoms with van der Waals surface area (Å²) in [7, 11) is 0. The average molecular weight is 235 g/mol. The molecule has 2 rings (SSSR count). The van der Waals surface area contributed by atoms with Gasteiger partial charge >= 0.3 is 6.18 Å². The number of rotatable bonds is 1.